The van der Waals surface area contributed by atoms with Crippen LogP contribution in [0.3, 0.4) is 0 Å². The molecule has 0 unspecified atom stereocenters. The number of nitro groups is 1. The molecule has 2 heterocycles. The maximum Gasteiger partial charge on any atom is 0.338 e. The summed E-state index contributed by atoms with van der Waals surface area (Å²) < 4.78 is 5.18. The number of carbonyl (C=O) groups is 1. The number of hydrogen-bond acceptors (Lipinski definition) is 7. The average Bonchev–Trinajstić information content (AvgIpc) is 3.23. The molecule has 6 nitrogen and oxygen atoms in total. The van der Waals surface area contributed by atoms with Crippen LogP contribution in [0, 0.1) is 10.1 Å². The Labute approximate surface area is 139 Å². The average molecular weight is 346 g/mol. The SMILES string of the molecule is O=C(OCc1csc(-c2ccsc2)n1)c1ccc([N+](=O)[O-])cc1. The van der Waals surface area contributed by atoms with E-state index < -0.39 is 10.9 Å². The second-order valence-corrected chi connectivity index (χ2v) is 6.17. The number of thiazole rings is 1. The molecule has 3 rings (SSSR count). The van der Waals surface area contributed by atoms with Crippen LogP contribution in [0.1, 0.15) is 16.1 Å². The summed E-state index contributed by atoms with van der Waals surface area (Å²) in [4.78, 5) is 26.4. The quantitative estimate of drug-likeness (QED) is 0.394. The van der Waals surface area contributed by atoms with Gasteiger partial charge in [0.05, 0.1) is 16.2 Å². The summed E-state index contributed by atoms with van der Waals surface area (Å²) in [7, 11) is 0. The first-order chi connectivity index (χ1) is 11.1. The first kappa shape index (κ1) is 15.3. The van der Waals surface area contributed by atoms with E-state index in [1.807, 2.05) is 22.2 Å². The number of esters is 1. The molecule has 0 bridgehead atoms. The molecule has 0 fully saturated rings. The van der Waals surface area contributed by atoms with E-state index in [0.29, 0.717) is 5.69 Å². The van der Waals surface area contributed by atoms with E-state index in [1.165, 1.54) is 35.6 Å². The van der Waals surface area contributed by atoms with Crippen LogP contribution in [0.25, 0.3) is 10.6 Å². The van der Waals surface area contributed by atoms with Gasteiger partial charge >= 0.3 is 5.97 Å². The summed E-state index contributed by atoms with van der Waals surface area (Å²) in [6.07, 6.45) is 0. The van der Waals surface area contributed by atoms with Crippen molar-refractivity contribution in [3.05, 3.63) is 67.8 Å². The number of hydrogen-bond donors (Lipinski definition) is 0. The Hall–Kier alpha value is -2.58. The number of nitrogens with zero attached hydrogens (tertiary/aromatic N) is 2. The predicted octanol–water partition coefficient (Wildman–Crippen LogP) is 4.14. The minimum absolute atomic E-state index is 0.0659. The molecule has 0 saturated heterocycles. The number of rotatable bonds is 5. The van der Waals surface area contributed by atoms with Crippen molar-refractivity contribution in [3.63, 3.8) is 0 Å². The molecule has 0 N–H and O–H groups in total. The molecule has 0 amide bonds. The Morgan fingerprint density at radius 3 is 2.65 bits per heavy atom. The van der Waals surface area contributed by atoms with E-state index in [0.717, 1.165) is 10.6 Å². The fraction of sp³-hybridized carbons (Fsp3) is 0.0667. The van der Waals surface area contributed by atoms with Gasteiger partial charge in [-0.2, -0.15) is 11.3 Å². The summed E-state index contributed by atoms with van der Waals surface area (Å²) >= 11 is 3.08. The predicted molar refractivity (Wildman–Crippen MR) is 87.6 cm³/mol. The fourth-order valence-electron chi connectivity index (χ4n) is 1.83. The van der Waals surface area contributed by atoms with Gasteiger partial charge < -0.3 is 4.74 Å². The molecule has 0 radical (unpaired) electrons. The smallest absolute Gasteiger partial charge is 0.338 e. The maximum absolute atomic E-state index is 11.9. The van der Waals surface area contributed by atoms with Crippen molar-refractivity contribution < 1.29 is 14.5 Å². The second kappa shape index (κ2) is 6.67. The highest BCUT2D eigenvalue weighted by Gasteiger charge is 2.12. The molecule has 23 heavy (non-hydrogen) atoms. The van der Waals surface area contributed by atoms with Crippen molar-refractivity contribution in [2.75, 3.05) is 0 Å². The molecule has 0 aliphatic rings. The molecule has 2 aromatic heterocycles. The van der Waals surface area contributed by atoms with Crippen LogP contribution in [0.15, 0.2) is 46.5 Å². The molecular weight excluding hydrogens is 336 g/mol. The summed E-state index contributed by atoms with van der Waals surface area (Å²) in [5, 5.41) is 17.3. The first-order valence-corrected chi connectivity index (χ1v) is 8.34. The van der Waals surface area contributed by atoms with Crippen molar-refractivity contribution in [1.82, 2.24) is 4.98 Å². The lowest BCUT2D eigenvalue weighted by molar-refractivity contribution is -0.384. The third-order valence-electron chi connectivity index (χ3n) is 2.98. The number of carbonyl (C=O) groups excluding carboxylic acids is 1. The van der Waals surface area contributed by atoms with E-state index in [2.05, 4.69) is 4.98 Å². The lowest BCUT2D eigenvalue weighted by Crippen LogP contribution is -2.05. The number of aromatic nitrogens is 1. The van der Waals surface area contributed by atoms with Gasteiger partial charge in [-0.15, -0.1) is 11.3 Å². The van der Waals surface area contributed by atoms with Crippen LogP contribution in [0.4, 0.5) is 5.69 Å². The summed E-state index contributed by atoms with van der Waals surface area (Å²) in [5.41, 5.74) is 1.92. The highest BCUT2D eigenvalue weighted by Crippen LogP contribution is 2.26. The van der Waals surface area contributed by atoms with Gasteiger partial charge in [-0.1, -0.05) is 0 Å². The highest BCUT2D eigenvalue weighted by molar-refractivity contribution is 7.14. The third-order valence-corrected chi connectivity index (χ3v) is 4.61. The van der Waals surface area contributed by atoms with E-state index in [4.69, 9.17) is 4.74 Å². The zero-order chi connectivity index (χ0) is 16.2. The number of benzene rings is 1. The fourth-order valence-corrected chi connectivity index (χ4v) is 3.35. The molecular formula is C15H10N2O4S2. The van der Waals surface area contributed by atoms with Crippen LogP contribution in [0.2, 0.25) is 0 Å². The van der Waals surface area contributed by atoms with Gasteiger partial charge in [0.15, 0.2) is 0 Å². The van der Waals surface area contributed by atoms with Crippen molar-refractivity contribution in [3.8, 4) is 10.6 Å². The van der Waals surface area contributed by atoms with E-state index in [9.17, 15) is 14.9 Å². The van der Waals surface area contributed by atoms with Gasteiger partial charge in [0.25, 0.3) is 5.69 Å². The molecule has 0 spiro atoms. The van der Waals surface area contributed by atoms with Crippen molar-refractivity contribution in [2.45, 2.75) is 6.61 Å². The van der Waals surface area contributed by atoms with Crippen LogP contribution in [-0.2, 0) is 11.3 Å². The van der Waals surface area contributed by atoms with Gasteiger partial charge in [-0.25, -0.2) is 9.78 Å². The lowest BCUT2D eigenvalue weighted by atomic mass is 10.2. The second-order valence-electron chi connectivity index (χ2n) is 4.54. The Balaban J connectivity index is 1.61. The largest absolute Gasteiger partial charge is 0.456 e. The Bertz CT molecular complexity index is 826. The number of ether oxygens (including phenoxy) is 1. The third kappa shape index (κ3) is 3.61. The topological polar surface area (TPSA) is 82.3 Å². The summed E-state index contributed by atoms with van der Waals surface area (Å²) in [6, 6.07) is 7.27. The minimum Gasteiger partial charge on any atom is -0.456 e. The Morgan fingerprint density at radius 2 is 2.00 bits per heavy atom. The van der Waals surface area contributed by atoms with E-state index in [-0.39, 0.29) is 17.9 Å². The molecule has 0 atom stereocenters. The Kier molecular flexibility index (Phi) is 4.45. The minimum atomic E-state index is -0.537. The number of non-ortho nitro benzene ring substituents is 1. The molecule has 0 aliphatic heterocycles. The lowest BCUT2D eigenvalue weighted by Gasteiger charge is -2.02. The molecule has 1 aromatic carbocycles. The van der Waals surface area contributed by atoms with E-state index >= 15 is 0 Å². The highest BCUT2D eigenvalue weighted by atomic mass is 32.1. The zero-order valence-electron chi connectivity index (χ0n) is 11.7. The summed E-state index contributed by atoms with van der Waals surface area (Å²) in [6.45, 7) is 0.0659. The molecule has 3 aromatic rings. The van der Waals surface area contributed by atoms with Crippen molar-refractivity contribution >= 4 is 34.3 Å². The van der Waals surface area contributed by atoms with Crippen LogP contribution >= 0.6 is 22.7 Å². The monoisotopic (exact) mass is 346 g/mol. The molecule has 8 heteroatoms. The van der Waals surface area contributed by atoms with Gasteiger partial charge in [0.2, 0.25) is 0 Å². The zero-order valence-corrected chi connectivity index (χ0v) is 13.3. The molecule has 116 valence electrons. The number of nitro benzene ring substituents is 1. The van der Waals surface area contributed by atoms with Gasteiger partial charge in [0.1, 0.15) is 11.6 Å². The maximum atomic E-state index is 11.9. The van der Waals surface area contributed by atoms with Crippen molar-refractivity contribution in [1.29, 1.82) is 0 Å². The van der Waals surface area contributed by atoms with Gasteiger partial charge in [-0.3, -0.25) is 10.1 Å². The normalized spacial score (nSPS) is 10.4. The summed E-state index contributed by atoms with van der Waals surface area (Å²) in [5.74, 6) is -0.537. The standard InChI is InChI=1S/C15H10N2O4S2/c18-15(10-1-3-13(4-2-10)17(19)20)21-7-12-9-23-14(16-12)11-5-6-22-8-11/h1-6,8-9H,7H2. The van der Waals surface area contributed by atoms with Crippen LogP contribution in [-0.4, -0.2) is 15.9 Å². The van der Waals surface area contributed by atoms with Crippen LogP contribution < -0.4 is 0 Å². The molecule has 0 aliphatic carbocycles. The first-order valence-electron chi connectivity index (χ1n) is 6.52. The molecule has 0 saturated carbocycles. The van der Waals surface area contributed by atoms with Crippen LogP contribution in [0.5, 0.6) is 0 Å². The van der Waals surface area contributed by atoms with Gasteiger partial charge in [-0.05, 0) is 23.6 Å². The van der Waals surface area contributed by atoms with Crippen molar-refractivity contribution in [2.24, 2.45) is 0 Å². The van der Waals surface area contributed by atoms with Gasteiger partial charge in [0, 0.05) is 28.5 Å². The number of thiophene rings is 1. The van der Waals surface area contributed by atoms with E-state index in [1.54, 1.807) is 11.3 Å². The Morgan fingerprint density at radius 1 is 1.22 bits per heavy atom.